The van der Waals surface area contributed by atoms with Crippen LogP contribution in [-0.2, 0) is 19.5 Å². The molecule has 96 valence electrons. The highest BCUT2D eigenvalue weighted by Gasteiger charge is 2.04. The normalized spacial score (nSPS) is 10.8. The Balaban J connectivity index is 1.90. The van der Waals surface area contributed by atoms with Gasteiger partial charge in [0.25, 0.3) is 0 Å². The molecule has 3 nitrogen and oxygen atoms in total. The Morgan fingerprint density at radius 1 is 1.39 bits per heavy atom. The molecule has 2 rings (SSSR count). The summed E-state index contributed by atoms with van der Waals surface area (Å²) in [6.45, 7) is 3.14. The van der Waals surface area contributed by atoms with Crippen molar-refractivity contribution in [1.29, 1.82) is 0 Å². The molecule has 18 heavy (non-hydrogen) atoms. The van der Waals surface area contributed by atoms with Crippen molar-refractivity contribution in [2.75, 3.05) is 0 Å². The van der Waals surface area contributed by atoms with Gasteiger partial charge in [-0.25, -0.2) is 9.37 Å². The highest BCUT2D eigenvalue weighted by atomic mass is 32.1. The van der Waals surface area contributed by atoms with E-state index in [1.54, 1.807) is 11.3 Å². The number of thiazole rings is 1. The van der Waals surface area contributed by atoms with Crippen molar-refractivity contribution >= 4 is 11.3 Å². The minimum atomic E-state index is -0.341. The van der Waals surface area contributed by atoms with Gasteiger partial charge in [-0.05, 0) is 24.6 Å². The molecular weight excluding hydrogens is 251 g/mol. The van der Waals surface area contributed by atoms with Crippen molar-refractivity contribution in [3.05, 3.63) is 45.7 Å². The predicted octanol–water partition coefficient (Wildman–Crippen LogP) is 2.84. The molecule has 1 aromatic heterocycles. The zero-order chi connectivity index (χ0) is 13.0. The van der Waals surface area contributed by atoms with Gasteiger partial charge in [0.1, 0.15) is 16.6 Å². The predicted molar refractivity (Wildman–Crippen MR) is 70.1 cm³/mol. The van der Waals surface area contributed by atoms with Crippen LogP contribution in [-0.4, -0.2) is 10.1 Å². The van der Waals surface area contributed by atoms with Gasteiger partial charge in [0, 0.05) is 29.7 Å². The van der Waals surface area contributed by atoms with Gasteiger partial charge in [-0.2, -0.15) is 0 Å². The summed E-state index contributed by atoms with van der Waals surface area (Å²) in [5.41, 5.74) is 0.558. The molecule has 0 bridgehead atoms. The number of hydrogen-bond donors (Lipinski definition) is 2. The molecule has 0 spiro atoms. The van der Waals surface area contributed by atoms with Gasteiger partial charge in [-0.15, -0.1) is 11.3 Å². The lowest BCUT2D eigenvalue weighted by Gasteiger charge is -2.05. The minimum absolute atomic E-state index is 0.109. The Morgan fingerprint density at radius 2 is 2.22 bits per heavy atom. The monoisotopic (exact) mass is 266 g/mol. The van der Waals surface area contributed by atoms with Crippen LogP contribution in [0.1, 0.15) is 22.4 Å². The van der Waals surface area contributed by atoms with Crippen LogP contribution in [0.3, 0.4) is 0 Å². The molecule has 5 heteroatoms. The summed E-state index contributed by atoms with van der Waals surface area (Å²) in [5, 5.41) is 13.7. The quantitative estimate of drug-likeness (QED) is 0.874. The molecule has 0 saturated carbocycles. The van der Waals surface area contributed by atoms with Crippen LogP contribution in [0.15, 0.2) is 24.4 Å². The first-order valence-corrected chi connectivity index (χ1v) is 6.62. The van der Waals surface area contributed by atoms with Crippen LogP contribution in [0, 0.1) is 5.82 Å². The van der Waals surface area contributed by atoms with E-state index < -0.39 is 0 Å². The van der Waals surface area contributed by atoms with E-state index in [2.05, 4.69) is 17.2 Å². The van der Waals surface area contributed by atoms with Gasteiger partial charge in [0.15, 0.2) is 0 Å². The van der Waals surface area contributed by atoms with Gasteiger partial charge in [0.2, 0.25) is 0 Å². The van der Waals surface area contributed by atoms with Crippen LogP contribution in [0.5, 0.6) is 5.75 Å². The number of aromatic hydroxyl groups is 1. The van der Waals surface area contributed by atoms with Gasteiger partial charge in [0.05, 0.1) is 0 Å². The average molecular weight is 266 g/mol. The Labute approximate surface area is 109 Å². The molecule has 0 aliphatic carbocycles. The standard InChI is InChI=1S/C13H15FN2OS/c1-2-11-7-16-13(18-11)8-15-6-9-5-10(14)3-4-12(9)17/h3-5,7,15,17H,2,6,8H2,1H3. The molecule has 1 heterocycles. The number of nitrogens with one attached hydrogen (secondary N) is 1. The molecule has 1 aromatic carbocycles. The number of aryl methyl sites for hydroxylation is 1. The lowest BCUT2D eigenvalue weighted by molar-refractivity contribution is 0.461. The number of phenols is 1. The zero-order valence-electron chi connectivity index (χ0n) is 10.1. The van der Waals surface area contributed by atoms with E-state index in [1.807, 2.05) is 6.20 Å². The van der Waals surface area contributed by atoms with Crippen LogP contribution in [0.25, 0.3) is 0 Å². The van der Waals surface area contributed by atoms with Crippen molar-refractivity contribution in [3.8, 4) is 5.75 Å². The molecule has 0 atom stereocenters. The van der Waals surface area contributed by atoms with Crippen LogP contribution in [0.4, 0.5) is 4.39 Å². The fourth-order valence-corrected chi connectivity index (χ4v) is 2.43. The first-order valence-electron chi connectivity index (χ1n) is 5.80. The third-order valence-electron chi connectivity index (χ3n) is 2.58. The van der Waals surface area contributed by atoms with E-state index in [-0.39, 0.29) is 11.6 Å². The summed E-state index contributed by atoms with van der Waals surface area (Å²) in [4.78, 5) is 5.53. The highest BCUT2D eigenvalue weighted by molar-refractivity contribution is 7.11. The number of halogens is 1. The first-order chi connectivity index (χ1) is 8.69. The third kappa shape index (κ3) is 3.27. The van der Waals surface area contributed by atoms with E-state index in [0.29, 0.717) is 18.7 Å². The average Bonchev–Trinajstić information content (AvgIpc) is 2.81. The van der Waals surface area contributed by atoms with Gasteiger partial charge in [-0.3, -0.25) is 0 Å². The maximum absolute atomic E-state index is 13.0. The maximum Gasteiger partial charge on any atom is 0.123 e. The molecule has 0 aliphatic heterocycles. The number of benzene rings is 1. The number of rotatable bonds is 5. The second kappa shape index (κ2) is 5.93. The third-order valence-corrected chi connectivity index (χ3v) is 3.72. The SMILES string of the molecule is CCc1cnc(CNCc2cc(F)ccc2O)s1. The number of phenolic OH excluding ortho intramolecular Hbond substituents is 1. The largest absolute Gasteiger partial charge is 0.508 e. The Kier molecular flexibility index (Phi) is 4.28. The van der Waals surface area contributed by atoms with Crippen LogP contribution < -0.4 is 5.32 Å². The Hall–Kier alpha value is -1.46. The molecule has 0 radical (unpaired) electrons. The Bertz CT molecular complexity index is 527. The van der Waals surface area contributed by atoms with Gasteiger partial charge < -0.3 is 10.4 Å². The molecule has 0 fully saturated rings. The number of hydrogen-bond acceptors (Lipinski definition) is 4. The molecule has 2 N–H and O–H groups in total. The van der Waals surface area contributed by atoms with Crippen molar-refractivity contribution in [1.82, 2.24) is 10.3 Å². The lowest BCUT2D eigenvalue weighted by Crippen LogP contribution is -2.12. The summed E-state index contributed by atoms with van der Waals surface area (Å²) in [6, 6.07) is 3.94. The molecule has 0 aliphatic rings. The number of aromatic nitrogens is 1. The first kappa shape index (κ1) is 13.0. The summed E-state index contributed by atoms with van der Waals surface area (Å²) < 4.78 is 13.0. The Morgan fingerprint density at radius 3 is 2.94 bits per heavy atom. The van der Waals surface area contributed by atoms with Gasteiger partial charge >= 0.3 is 0 Å². The summed E-state index contributed by atoms with van der Waals surface area (Å²) in [5.74, 6) is -0.232. The topological polar surface area (TPSA) is 45.2 Å². The van der Waals surface area contributed by atoms with Crippen molar-refractivity contribution < 1.29 is 9.50 Å². The molecular formula is C13H15FN2OS. The van der Waals surface area contributed by atoms with E-state index in [4.69, 9.17) is 0 Å². The second-order valence-electron chi connectivity index (χ2n) is 3.95. The van der Waals surface area contributed by atoms with Gasteiger partial charge in [-0.1, -0.05) is 6.92 Å². The van der Waals surface area contributed by atoms with Crippen molar-refractivity contribution in [2.45, 2.75) is 26.4 Å². The van der Waals surface area contributed by atoms with Crippen molar-refractivity contribution in [2.24, 2.45) is 0 Å². The van der Waals surface area contributed by atoms with E-state index in [9.17, 15) is 9.50 Å². The minimum Gasteiger partial charge on any atom is -0.508 e. The molecule has 0 unspecified atom stereocenters. The van der Waals surface area contributed by atoms with Crippen LogP contribution >= 0.6 is 11.3 Å². The highest BCUT2D eigenvalue weighted by Crippen LogP contribution is 2.18. The number of nitrogens with zero attached hydrogens (tertiary/aromatic N) is 1. The van der Waals surface area contributed by atoms with E-state index >= 15 is 0 Å². The second-order valence-corrected chi connectivity index (χ2v) is 5.15. The maximum atomic E-state index is 13.0. The van der Waals surface area contributed by atoms with Crippen LogP contribution in [0.2, 0.25) is 0 Å². The summed E-state index contributed by atoms with van der Waals surface area (Å²) in [6.07, 6.45) is 2.86. The van der Waals surface area contributed by atoms with Crippen molar-refractivity contribution in [3.63, 3.8) is 0 Å². The van der Waals surface area contributed by atoms with E-state index in [1.165, 1.54) is 23.1 Å². The molecule has 2 aromatic rings. The molecule has 0 amide bonds. The molecule has 0 saturated heterocycles. The zero-order valence-corrected chi connectivity index (χ0v) is 10.9. The smallest absolute Gasteiger partial charge is 0.123 e. The fourth-order valence-electron chi connectivity index (χ4n) is 1.59. The summed E-state index contributed by atoms with van der Waals surface area (Å²) >= 11 is 1.67. The van der Waals surface area contributed by atoms with E-state index in [0.717, 1.165) is 11.4 Å². The lowest BCUT2D eigenvalue weighted by atomic mass is 10.2. The fraction of sp³-hybridized carbons (Fsp3) is 0.308. The summed E-state index contributed by atoms with van der Waals surface area (Å²) in [7, 11) is 0.